The zero-order valence-corrected chi connectivity index (χ0v) is 21.5. The minimum absolute atomic E-state index is 0.0451. The van der Waals surface area contributed by atoms with E-state index in [1.54, 1.807) is 39.8 Å². The van der Waals surface area contributed by atoms with Gasteiger partial charge in [-0.05, 0) is 52.9 Å². The van der Waals surface area contributed by atoms with Crippen molar-refractivity contribution < 1.29 is 14.3 Å². The number of anilines is 2. The van der Waals surface area contributed by atoms with E-state index in [0.717, 1.165) is 6.42 Å². The van der Waals surface area contributed by atoms with Gasteiger partial charge >= 0.3 is 0 Å². The monoisotopic (exact) mass is 569 g/mol. The molecule has 1 saturated heterocycles. The highest BCUT2D eigenvalue weighted by molar-refractivity contribution is 9.10. The fourth-order valence-electron chi connectivity index (χ4n) is 5.26. The zero-order chi connectivity index (χ0) is 25.1. The van der Waals surface area contributed by atoms with Crippen molar-refractivity contribution in [3.8, 4) is 5.75 Å². The third-order valence-corrected chi connectivity index (χ3v) is 7.53. The third-order valence-electron chi connectivity index (χ3n) is 6.87. The van der Waals surface area contributed by atoms with Gasteiger partial charge in [-0.2, -0.15) is 0 Å². The molecule has 1 aromatic carbocycles. The van der Waals surface area contributed by atoms with Crippen molar-refractivity contribution in [3.63, 3.8) is 0 Å². The van der Waals surface area contributed by atoms with Crippen LogP contribution in [-0.4, -0.2) is 55.4 Å². The number of piperidine rings is 1. The number of benzene rings is 1. The van der Waals surface area contributed by atoms with Gasteiger partial charge in [0, 0.05) is 22.5 Å². The molecule has 0 radical (unpaired) electrons. The number of nitrogens with zero attached hydrogens (tertiary/aromatic N) is 5. The lowest BCUT2D eigenvalue weighted by Crippen LogP contribution is -2.46. The molecule has 1 aliphatic carbocycles. The van der Waals surface area contributed by atoms with Gasteiger partial charge in [0.15, 0.2) is 0 Å². The van der Waals surface area contributed by atoms with Crippen molar-refractivity contribution >= 4 is 72.9 Å². The van der Waals surface area contributed by atoms with Crippen molar-refractivity contribution in [2.24, 2.45) is 5.92 Å². The molecule has 3 atom stereocenters. The molecular weight excluding hydrogens is 550 g/mol. The Balaban J connectivity index is 1.36. The van der Waals surface area contributed by atoms with Crippen LogP contribution in [0.25, 0.3) is 21.9 Å². The van der Waals surface area contributed by atoms with Gasteiger partial charge in [-0.15, -0.1) is 0 Å². The number of nitrogen functional groups attached to an aromatic ring is 1. The van der Waals surface area contributed by atoms with E-state index in [-0.39, 0.29) is 30.2 Å². The molecule has 3 aromatic heterocycles. The number of hydrogen-bond donors (Lipinski definition) is 2. The van der Waals surface area contributed by atoms with E-state index in [0.29, 0.717) is 55.5 Å². The highest BCUT2D eigenvalue weighted by atomic mass is 79.9. The summed E-state index contributed by atoms with van der Waals surface area (Å²) in [6, 6.07) is 8.19. The largest absolute Gasteiger partial charge is 0.494 e. The quantitative estimate of drug-likeness (QED) is 0.351. The molecule has 4 aromatic rings. The lowest BCUT2D eigenvalue weighted by atomic mass is 10.1. The van der Waals surface area contributed by atoms with Crippen molar-refractivity contribution in [2.45, 2.75) is 31.5 Å². The van der Waals surface area contributed by atoms with Crippen molar-refractivity contribution in [1.29, 1.82) is 0 Å². The first-order chi connectivity index (χ1) is 17.4. The Bertz CT molecular complexity index is 1560. The van der Waals surface area contributed by atoms with Gasteiger partial charge in [-0.25, -0.2) is 15.0 Å². The van der Waals surface area contributed by atoms with E-state index in [1.807, 2.05) is 0 Å². The first-order valence-electron chi connectivity index (χ1n) is 11.4. The number of rotatable bonds is 5. The molecule has 1 unspecified atom stereocenters. The van der Waals surface area contributed by atoms with Crippen LogP contribution < -0.4 is 15.8 Å². The Morgan fingerprint density at radius 1 is 1.28 bits per heavy atom. The number of hydrogen-bond acceptors (Lipinski definition) is 7. The first kappa shape index (κ1) is 23.0. The molecule has 2 aliphatic rings. The third kappa shape index (κ3) is 3.73. The van der Waals surface area contributed by atoms with Gasteiger partial charge in [0.05, 0.1) is 18.0 Å². The van der Waals surface area contributed by atoms with E-state index in [2.05, 4.69) is 36.2 Å². The van der Waals surface area contributed by atoms with Crippen molar-refractivity contribution in [2.75, 3.05) is 18.2 Å². The summed E-state index contributed by atoms with van der Waals surface area (Å²) in [5, 5.41) is 4.61. The number of pyridine rings is 1. The summed E-state index contributed by atoms with van der Waals surface area (Å²) >= 11 is 9.64. The van der Waals surface area contributed by atoms with Gasteiger partial charge in [-0.3, -0.25) is 9.59 Å². The molecule has 1 aliphatic heterocycles. The Morgan fingerprint density at radius 2 is 2.11 bits per heavy atom. The summed E-state index contributed by atoms with van der Waals surface area (Å²) in [6.07, 6.45) is 2.88. The first-order valence-corrected chi connectivity index (χ1v) is 12.5. The summed E-state index contributed by atoms with van der Waals surface area (Å²) in [6.45, 7) is -0.0451. The fourth-order valence-corrected chi connectivity index (χ4v) is 5.82. The van der Waals surface area contributed by atoms with Gasteiger partial charge < -0.3 is 25.3 Å². The Kier molecular flexibility index (Phi) is 5.49. The zero-order valence-electron chi connectivity index (χ0n) is 19.1. The Labute approximate surface area is 218 Å². The van der Waals surface area contributed by atoms with Gasteiger partial charge in [0.1, 0.15) is 46.5 Å². The van der Waals surface area contributed by atoms with Crippen LogP contribution in [0.1, 0.15) is 12.8 Å². The number of methoxy groups -OCH3 is 1. The normalized spacial score (nSPS) is 20.5. The van der Waals surface area contributed by atoms with Gasteiger partial charge in [-0.1, -0.05) is 17.7 Å². The molecule has 12 heteroatoms. The van der Waals surface area contributed by atoms with Crippen LogP contribution in [0, 0.1) is 5.92 Å². The Morgan fingerprint density at radius 3 is 2.89 bits per heavy atom. The second-order valence-corrected chi connectivity index (χ2v) is 10.2. The van der Waals surface area contributed by atoms with Crippen molar-refractivity contribution in [1.82, 2.24) is 24.4 Å². The molecule has 36 heavy (non-hydrogen) atoms. The molecular formula is C24H21BrClN7O3. The van der Waals surface area contributed by atoms with Crippen LogP contribution in [-0.2, 0) is 16.1 Å². The standard InChI is InChI=1S/C24H21BrClN7O3/c1-36-16-8-12(26)7-13-20-22(27)28-10-29-23(20)32(21(13)16)9-19(34)33-14-5-11(14)6-15(33)24(35)31-18-4-2-3-17(25)30-18/h2-4,7-8,10-11,14-15H,5-6,9H2,1H3,(H2,27,28,29)(H,30,31,35)/t11-,14?,15+/m1/s1. The van der Waals surface area contributed by atoms with E-state index in [4.69, 9.17) is 22.1 Å². The highest BCUT2D eigenvalue weighted by Crippen LogP contribution is 2.48. The Hall–Kier alpha value is -3.44. The highest BCUT2D eigenvalue weighted by Gasteiger charge is 2.56. The number of aromatic nitrogens is 4. The number of nitrogens with one attached hydrogen (secondary N) is 1. The number of ether oxygens (including phenoxy) is 1. The lowest BCUT2D eigenvalue weighted by molar-refractivity contribution is -0.138. The number of fused-ring (bicyclic) bond motifs is 4. The summed E-state index contributed by atoms with van der Waals surface area (Å²) in [5.74, 6) is 1.09. The average molecular weight is 571 g/mol. The predicted octanol–water partition coefficient (Wildman–Crippen LogP) is 3.61. The summed E-state index contributed by atoms with van der Waals surface area (Å²) in [4.78, 5) is 41.5. The molecule has 2 fully saturated rings. The van der Waals surface area contributed by atoms with Crippen LogP contribution in [0.5, 0.6) is 5.75 Å². The van der Waals surface area contributed by atoms with E-state index < -0.39 is 6.04 Å². The van der Waals surface area contributed by atoms with Crippen molar-refractivity contribution in [3.05, 3.63) is 46.3 Å². The second kappa shape index (κ2) is 8.59. The van der Waals surface area contributed by atoms with Crippen LogP contribution in [0.3, 0.4) is 0 Å². The summed E-state index contributed by atoms with van der Waals surface area (Å²) in [5.41, 5.74) is 7.34. The maximum absolute atomic E-state index is 13.8. The van der Waals surface area contributed by atoms with E-state index in [9.17, 15) is 9.59 Å². The van der Waals surface area contributed by atoms with Crippen LogP contribution in [0.15, 0.2) is 41.3 Å². The van der Waals surface area contributed by atoms with Crippen LogP contribution >= 0.6 is 27.5 Å². The molecule has 0 spiro atoms. The smallest absolute Gasteiger partial charge is 0.248 e. The summed E-state index contributed by atoms with van der Waals surface area (Å²) < 4.78 is 7.98. The minimum atomic E-state index is -0.578. The van der Waals surface area contributed by atoms with Gasteiger partial charge in [0.25, 0.3) is 0 Å². The number of nitrogens with two attached hydrogens (primary N) is 1. The molecule has 6 rings (SSSR count). The average Bonchev–Trinajstić information content (AvgIpc) is 3.39. The molecule has 184 valence electrons. The number of halogens is 2. The molecule has 3 N–H and O–H groups in total. The van der Waals surface area contributed by atoms with E-state index >= 15 is 0 Å². The number of amides is 2. The maximum Gasteiger partial charge on any atom is 0.248 e. The second-order valence-electron chi connectivity index (χ2n) is 9.00. The van der Waals surface area contributed by atoms with Gasteiger partial charge in [0.2, 0.25) is 11.8 Å². The predicted molar refractivity (Wildman–Crippen MR) is 139 cm³/mol. The molecule has 1 saturated carbocycles. The SMILES string of the molecule is COc1cc(Cl)cc2c3c(N)ncnc3n(CC(=O)N3C4C[C@@H]4C[C@H]3C(=O)Nc3cccc(Br)n3)c12. The molecule has 10 nitrogen and oxygen atoms in total. The molecule has 0 bridgehead atoms. The fraction of sp³-hybridized carbons (Fsp3) is 0.292. The molecule has 4 heterocycles. The lowest BCUT2D eigenvalue weighted by Gasteiger charge is -2.27. The number of carbonyl (C=O) groups is 2. The molecule has 2 amide bonds. The number of carbonyl (C=O) groups excluding carboxylic acids is 2. The maximum atomic E-state index is 13.8. The number of likely N-dealkylation sites (tertiary alicyclic amines) is 1. The topological polar surface area (TPSA) is 128 Å². The van der Waals surface area contributed by atoms with Crippen LogP contribution in [0.2, 0.25) is 5.02 Å². The minimum Gasteiger partial charge on any atom is -0.494 e. The summed E-state index contributed by atoms with van der Waals surface area (Å²) in [7, 11) is 1.54. The van der Waals surface area contributed by atoms with E-state index in [1.165, 1.54) is 13.4 Å². The van der Waals surface area contributed by atoms with Crippen LogP contribution in [0.4, 0.5) is 11.6 Å².